The number of rotatable bonds is 2. The van der Waals surface area contributed by atoms with Gasteiger partial charge in [0.05, 0.1) is 4.87 Å². The molecule has 1 aliphatic heterocycles. The minimum absolute atomic E-state index is 0.112. The van der Waals surface area contributed by atoms with Gasteiger partial charge in [-0.2, -0.15) is 0 Å². The highest BCUT2D eigenvalue weighted by Gasteiger charge is 2.40. The van der Waals surface area contributed by atoms with Crippen LogP contribution in [0.2, 0.25) is 0 Å². The van der Waals surface area contributed by atoms with Gasteiger partial charge in [0.15, 0.2) is 4.84 Å². The molecule has 0 aromatic heterocycles. The molecule has 0 radical (unpaired) electrons. The first-order valence-electron chi connectivity index (χ1n) is 4.25. The maximum atomic E-state index is 11.6. The molecule has 13 heavy (non-hydrogen) atoms. The van der Waals surface area contributed by atoms with Crippen LogP contribution >= 0.6 is 35.0 Å². The molecule has 0 aromatic carbocycles. The van der Waals surface area contributed by atoms with Crippen molar-refractivity contribution in [2.75, 3.05) is 12.3 Å². The van der Waals surface area contributed by atoms with E-state index in [0.29, 0.717) is 0 Å². The maximum Gasteiger partial charge on any atom is 0.257 e. The molecular formula is C8H13Cl2NOS. The van der Waals surface area contributed by atoms with Crippen molar-refractivity contribution in [3.8, 4) is 0 Å². The predicted octanol–water partition coefficient (Wildman–Crippen LogP) is 2.49. The molecule has 1 fully saturated rings. The van der Waals surface area contributed by atoms with Crippen LogP contribution in [0, 0.1) is 0 Å². The van der Waals surface area contributed by atoms with Crippen LogP contribution in [0.1, 0.15) is 20.3 Å². The van der Waals surface area contributed by atoms with Crippen molar-refractivity contribution < 1.29 is 4.79 Å². The zero-order valence-corrected chi connectivity index (χ0v) is 10.0. The predicted molar refractivity (Wildman–Crippen MR) is 58.4 cm³/mol. The molecular weight excluding hydrogens is 229 g/mol. The lowest BCUT2D eigenvalue weighted by atomic mass is 10.2. The van der Waals surface area contributed by atoms with E-state index in [1.54, 1.807) is 16.7 Å². The molecule has 0 spiro atoms. The van der Waals surface area contributed by atoms with Gasteiger partial charge >= 0.3 is 0 Å². The summed E-state index contributed by atoms with van der Waals surface area (Å²) in [5.41, 5.74) is 0. The molecule has 1 amide bonds. The maximum absolute atomic E-state index is 11.6. The number of hydrogen-bond donors (Lipinski definition) is 0. The van der Waals surface area contributed by atoms with Crippen LogP contribution in [-0.2, 0) is 4.79 Å². The number of hydrogen-bond acceptors (Lipinski definition) is 2. The highest BCUT2D eigenvalue weighted by atomic mass is 35.5. The van der Waals surface area contributed by atoms with E-state index >= 15 is 0 Å². The molecule has 2 nitrogen and oxygen atoms in total. The van der Waals surface area contributed by atoms with Gasteiger partial charge < -0.3 is 4.90 Å². The van der Waals surface area contributed by atoms with Gasteiger partial charge in [0.25, 0.3) is 5.91 Å². The van der Waals surface area contributed by atoms with Crippen LogP contribution in [0.3, 0.4) is 0 Å². The quantitative estimate of drug-likeness (QED) is 0.693. The first-order chi connectivity index (χ1) is 6.01. The third-order valence-corrected chi connectivity index (χ3v) is 4.30. The molecule has 1 atom stereocenters. The zero-order valence-electron chi connectivity index (χ0n) is 7.72. The number of carbonyl (C=O) groups excluding carboxylic acids is 1. The lowest BCUT2D eigenvalue weighted by Crippen LogP contribution is -2.45. The Bertz CT molecular complexity index is 212. The zero-order chi connectivity index (χ0) is 10.1. The number of halogens is 2. The molecule has 1 heterocycles. The second-order valence-corrected chi connectivity index (χ2v) is 5.84. The first-order valence-corrected chi connectivity index (χ1v) is 6.10. The highest BCUT2D eigenvalue weighted by molar-refractivity contribution is 8.00. The summed E-state index contributed by atoms with van der Waals surface area (Å²) in [4.78, 5) is 12.3. The molecule has 1 saturated heterocycles. The van der Waals surface area contributed by atoms with Gasteiger partial charge in [0.2, 0.25) is 0 Å². The standard InChI is InChI=1S/C8H13Cl2NOS/c1-3-8(2)11(4-5-13-8)7(12)6(9)10/h6H,3-5H2,1-2H3. The van der Waals surface area contributed by atoms with E-state index in [0.717, 1.165) is 18.7 Å². The van der Waals surface area contributed by atoms with Gasteiger partial charge in [-0.1, -0.05) is 30.1 Å². The van der Waals surface area contributed by atoms with Gasteiger partial charge in [-0.15, -0.1) is 11.8 Å². The van der Waals surface area contributed by atoms with Crippen molar-refractivity contribution in [3.63, 3.8) is 0 Å². The van der Waals surface area contributed by atoms with Crippen LogP contribution in [0.15, 0.2) is 0 Å². The Morgan fingerprint density at radius 2 is 2.31 bits per heavy atom. The van der Waals surface area contributed by atoms with E-state index in [4.69, 9.17) is 23.2 Å². The van der Waals surface area contributed by atoms with E-state index in [2.05, 4.69) is 13.8 Å². The number of alkyl halides is 2. The van der Waals surface area contributed by atoms with E-state index < -0.39 is 4.84 Å². The van der Waals surface area contributed by atoms with Gasteiger partial charge in [0, 0.05) is 12.3 Å². The molecule has 0 bridgehead atoms. The van der Waals surface area contributed by atoms with Crippen molar-refractivity contribution >= 4 is 40.9 Å². The Hall–Kier alpha value is 0.400. The Balaban J connectivity index is 2.74. The SMILES string of the molecule is CCC1(C)SCCN1C(=O)C(Cl)Cl. The summed E-state index contributed by atoms with van der Waals surface area (Å²) in [5, 5.41) is 0. The van der Waals surface area contributed by atoms with Gasteiger partial charge in [-0.05, 0) is 13.3 Å². The average Bonchev–Trinajstić information content (AvgIpc) is 2.47. The summed E-state index contributed by atoms with van der Waals surface area (Å²) < 4.78 is 0. The minimum Gasteiger partial charge on any atom is -0.325 e. The Morgan fingerprint density at radius 1 is 1.69 bits per heavy atom. The molecule has 1 aliphatic rings. The fourth-order valence-corrected chi connectivity index (χ4v) is 2.92. The Morgan fingerprint density at radius 3 is 2.77 bits per heavy atom. The number of thioether (sulfide) groups is 1. The minimum atomic E-state index is -0.926. The smallest absolute Gasteiger partial charge is 0.257 e. The lowest BCUT2D eigenvalue weighted by Gasteiger charge is -2.33. The van der Waals surface area contributed by atoms with Crippen LogP contribution in [0.25, 0.3) is 0 Å². The van der Waals surface area contributed by atoms with E-state index in [-0.39, 0.29) is 10.8 Å². The average molecular weight is 242 g/mol. The van der Waals surface area contributed by atoms with E-state index in [9.17, 15) is 4.79 Å². The van der Waals surface area contributed by atoms with Crippen molar-refractivity contribution in [2.45, 2.75) is 30.0 Å². The summed E-state index contributed by atoms with van der Waals surface area (Å²) in [7, 11) is 0. The third kappa shape index (κ3) is 2.25. The van der Waals surface area contributed by atoms with Crippen LogP contribution in [0.4, 0.5) is 0 Å². The molecule has 5 heteroatoms. The van der Waals surface area contributed by atoms with E-state index in [1.807, 2.05) is 0 Å². The monoisotopic (exact) mass is 241 g/mol. The molecule has 1 rings (SSSR count). The molecule has 1 unspecified atom stereocenters. The lowest BCUT2D eigenvalue weighted by molar-refractivity contribution is -0.131. The van der Waals surface area contributed by atoms with E-state index in [1.165, 1.54) is 0 Å². The Labute approximate surface area is 92.9 Å². The largest absolute Gasteiger partial charge is 0.325 e. The van der Waals surface area contributed by atoms with Gasteiger partial charge in [-0.3, -0.25) is 4.79 Å². The number of carbonyl (C=O) groups is 1. The summed E-state index contributed by atoms with van der Waals surface area (Å²) in [6.07, 6.45) is 0.921. The third-order valence-electron chi connectivity index (χ3n) is 2.41. The van der Waals surface area contributed by atoms with Crippen molar-refractivity contribution in [1.82, 2.24) is 4.90 Å². The van der Waals surface area contributed by atoms with Crippen LogP contribution in [0.5, 0.6) is 0 Å². The van der Waals surface area contributed by atoms with Crippen molar-refractivity contribution in [2.24, 2.45) is 0 Å². The summed E-state index contributed by atoms with van der Waals surface area (Å²) in [6, 6.07) is 0. The molecule has 0 N–H and O–H groups in total. The van der Waals surface area contributed by atoms with Gasteiger partial charge in [0.1, 0.15) is 0 Å². The van der Waals surface area contributed by atoms with Crippen LogP contribution in [-0.4, -0.2) is 32.8 Å². The topological polar surface area (TPSA) is 20.3 Å². The highest BCUT2D eigenvalue weighted by Crippen LogP contribution is 2.38. The molecule has 0 aromatic rings. The summed E-state index contributed by atoms with van der Waals surface area (Å²) in [6.45, 7) is 4.87. The van der Waals surface area contributed by atoms with Crippen molar-refractivity contribution in [1.29, 1.82) is 0 Å². The van der Waals surface area contributed by atoms with Crippen molar-refractivity contribution in [3.05, 3.63) is 0 Å². The first kappa shape index (κ1) is 11.5. The molecule has 0 aliphatic carbocycles. The molecule has 0 saturated carbocycles. The second kappa shape index (κ2) is 4.28. The fraction of sp³-hybridized carbons (Fsp3) is 0.875. The number of nitrogens with zero attached hydrogens (tertiary/aromatic N) is 1. The normalized spacial score (nSPS) is 28.5. The van der Waals surface area contributed by atoms with Gasteiger partial charge in [-0.25, -0.2) is 0 Å². The van der Waals surface area contributed by atoms with Crippen LogP contribution < -0.4 is 0 Å². The Kier molecular flexibility index (Phi) is 3.78. The second-order valence-electron chi connectivity index (χ2n) is 3.17. The summed E-state index contributed by atoms with van der Waals surface area (Å²) in [5.74, 6) is 0.800. The fourth-order valence-electron chi connectivity index (χ4n) is 1.43. The number of amides is 1. The molecule has 76 valence electrons. The summed E-state index contributed by atoms with van der Waals surface area (Å²) >= 11 is 12.9.